The van der Waals surface area contributed by atoms with Gasteiger partial charge in [-0.05, 0) is 44.0 Å². The second kappa shape index (κ2) is 9.34. The van der Waals surface area contributed by atoms with Crippen molar-refractivity contribution in [3.63, 3.8) is 0 Å². The molecule has 1 amide bonds. The van der Waals surface area contributed by atoms with Gasteiger partial charge >= 0.3 is 6.09 Å². The second-order valence-corrected chi connectivity index (χ2v) is 8.65. The molecule has 3 atom stereocenters. The van der Waals surface area contributed by atoms with Crippen LogP contribution in [0.3, 0.4) is 0 Å². The molecule has 0 bridgehead atoms. The van der Waals surface area contributed by atoms with E-state index < -0.39 is 41.4 Å². The predicted molar refractivity (Wildman–Crippen MR) is 116 cm³/mol. The highest BCUT2D eigenvalue weighted by Gasteiger charge is 2.43. The maximum atomic E-state index is 12.7. The van der Waals surface area contributed by atoms with Gasteiger partial charge in [0.15, 0.2) is 0 Å². The average molecular weight is 428 g/mol. The number of carbonyl (C=O) groups excluding carboxylic acids is 1. The third-order valence-corrected chi connectivity index (χ3v) is 4.96. The molecule has 0 spiro atoms. The van der Waals surface area contributed by atoms with Gasteiger partial charge in [0.05, 0.1) is 12.6 Å². The summed E-state index contributed by atoms with van der Waals surface area (Å²) < 4.78 is 11.5. The van der Waals surface area contributed by atoms with Gasteiger partial charge in [-0.1, -0.05) is 42.5 Å². The number of hydrogen-bond acceptors (Lipinski definition) is 6. The highest BCUT2D eigenvalue weighted by Crippen LogP contribution is 2.29. The van der Waals surface area contributed by atoms with Gasteiger partial charge in [0, 0.05) is 11.3 Å². The van der Waals surface area contributed by atoms with Crippen molar-refractivity contribution in [1.29, 1.82) is 0 Å². The van der Waals surface area contributed by atoms with E-state index in [-0.39, 0.29) is 13.0 Å². The van der Waals surface area contributed by atoms with Crippen LogP contribution in [0.1, 0.15) is 27.2 Å². The molecule has 0 aromatic heterocycles. The van der Waals surface area contributed by atoms with E-state index in [9.17, 15) is 20.0 Å². The Hall–Kier alpha value is -3.13. The molecule has 31 heavy (non-hydrogen) atoms. The molecule has 1 N–H and O–H groups in total. The molecule has 0 aliphatic carbocycles. The number of aliphatic hydroxyl groups excluding tert-OH is 1. The predicted octanol–water partition coefficient (Wildman–Crippen LogP) is 3.75. The highest BCUT2D eigenvalue weighted by atomic mass is 16.6. The minimum absolute atomic E-state index is 0.171. The van der Waals surface area contributed by atoms with Gasteiger partial charge in [-0.15, -0.1) is 0 Å². The quantitative estimate of drug-likeness (QED) is 0.555. The van der Waals surface area contributed by atoms with Crippen molar-refractivity contribution in [1.82, 2.24) is 4.90 Å². The maximum absolute atomic E-state index is 12.7. The summed E-state index contributed by atoms with van der Waals surface area (Å²) in [6.07, 6.45) is -2.09. The zero-order valence-electron chi connectivity index (χ0n) is 17.9. The van der Waals surface area contributed by atoms with Gasteiger partial charge in [0.25, 0.3) is 0 Å². The van der Waals surface area contributed by atoms with E-state index >= 15 is 0 Å². The zero-order chi connectivity index (χ0) is 22.6. The lowest BCUT2D eigenvalue weighted by Gasteiger charge is -2.29. The van der Waals surface area contributed by atoms with Crippen LogP contribution >= 0.6 is 0 Å². The SMILES string of the molecule is CC(C)(C)OC(=O)N1C[C@H](Oc2cccc(-c3ccccc3)c2)C[C@H]1C(O)C[N+](=O)[O-]. The third kappa shape index (κ3) is 6.18. The molecule has 3 rings (SSSR count). The van der Waals surface area contributed by atoms with Crippen molar-refractivity contribution in [2.24, 2.45) is 0 Å². The summed E-state index contributed by atoms with van der Waals surface area (Å²) in [4.78, 5) is 24.3. The molecule has 1 heterocycles. The fourth-order valence-electron chi connectivity index (χ4n) is 3.65. The normalized spacial score (nSPS) is 19.7. The molecule has 1 aliphatic rings. The number of carbonyl (C=O) groups is 1. The Balaban J connectivity index is 1.76. The van der Waals surface area contributed by atoms with Crippen molar-refractivity contribution in [3.05, 3.63) is 64.7 Å². The van der Waals surface area contributed by atoms with Crippen LogP contribution in [-0.2, 0) is 4.74 Å². The monoisotopic (exact) mass is 428 g/mol. The Morgan fingerprint density at radius 2 is 1.87 bits per heavy atom. The van der Waals surface area contributed by atoms with Crippen molar-refractivity contribution in [3.8, 4) is 16.9 Å². The van der Waals surface area contributed by atoms with Crippen LogP contribution in [0.2, 0.25) is 0 Å². The van der Waals surface area contributed by atoms with Crippen LogP contribution in [0.25, 0.3) is 11.1 Å². The summed E-state index contributed by atoms with van der Waals surface area (Å²) in [5.41, 5.74) is 1.32. The molecular formula is C23H28N2O6. The minimum Gasteiger partial charge on any atom is -0.488 e. The molecule has 8 heteroatoms. The number of amides is 1. The van der Waals surface area contributed by atoms with E-state index in [1.165, 1.54) is 4.90 Å². The Bertz CT molecular complexity index is 912. The Morgan fingerprint density at radius 1 is 1.19 bits per heavy atom. The largest absolute Gasteiger partial charge is 0.488 e. The Kier molecular flexibility index (Phi) is 6.80. The number of aliphatic hydroxyl groups is 1. The Labute approximate surface area is 181 Å². The molecule has 1 fully saturated rings. The number of rotatable bonds is 6. The summed E-state index contributed by atoms with van der Waals surface area (Å²) >= 11 is 0. The summed E-state index contributed by atoms with van der Waals surface area (Å²) in [6.45, 7) is 4.75. The summed E-state index contributed by atoms with van der Waals surface area (Å²) in [7, 11) is 0. The molecule has 166 valence electrons. The highest BCUT2D eigenvalue weighted by molar-refractivity contribution is 5.69. The summed E-state index contributed by atoms with van der Waals surface area (Å²) in [6, 6.07) is 16.7. The second-order valence-electron chi connectivity index (χ2n) is 8.65. The van der Waals surface area contributed by atoms with Crippen LogP contribution in [-0.4, -0.2) is 58.0 Å². The zero-order valence-corrected chi connectivity index (χ0v) is 17.9. The topological polar surface area (TPSA) is 102 Å². The molecule has 8 nitrogen and oxygen atoms in total. The van der Waals surface area contributed by atoms with Gasteiger partial charge in [0.2, 0.25) is 6.54 Å². The molecule has 2 aromatic rings. The van der Waals surface area contributed by atoms with Gasteiger partial charge < -0.3 is 14.6 Å². The van der Waals surface area contributed by atoms with Crippen LogP contribution in [0.5, 0.6) is 5.75 Å². The first kappa shape index (κ1) is 22.6. The molecule has 1 unspecified atom stereocenters. The first-order valence-corrected chi connectivity index (χ1v) is 10.2. The van der Waals surface area contributed by atoms with E-state index in [1.54, 1.807) is 20.8 Å². The number of nitro groups is 1. The van der Waals surface area contributed by atoms with Crippen LogP contribution in [0.4, 0.5) is 4.79 Å². The number of hydrogen-bond donors (Lipinski definition) is 1. The summed E-state index contributed by atoms with van der Waals surface area (Å²) in [5, 5.41) is 21.3. The number of benzene rings is 2. The minimum atomic E-state index is -1.31. The number of nitrogens with zero attached hydrogens (tertiary/aromatic N) is 2. The fraction of sp³-hybridized carbons (Fsp3) is 0.435. The number of ether oxygens (including phenoxy) is 2. The molecule has 1 aliphatic heterocycles. The van der Waals surface area contributed by atoms with Crippen molar-refractivity contribution < 1.29 is 24.3 Å². The lowest BCUT2D eigenvalue weighted by molar-refractivity contribution is -0.491. The van der Waals surface area contributed by atoms with Gasteiger partial charge in [-0.3, -0.25) is 15.0 Å². The van der Waals surface area contributed by atoms with Gasteiger partial charge in [-0.2, -0.15) is 0 Å². The molecule has 0 radical (unpaired) electrons. The first-order chi connectivity index (χ1) is 14.6. The molecule has 2 aromatic carbocycles. The molecule has 0 saturated carbocycles. The fourth-order valence-corrected chi connectivity index (χ4v) is 3.65. The molecular weight excluding hydrogens is 400 g/mol. The lowest BCUT2D eigenvalue weighted by Crippen LogP contribution is -2.47. The lowest BCUT2D eigenvalue weighted by atomic mass is 10.1. The van der Waals surface area contributed by atoms with E-state index in [2.05, 4.69) is 0 Å². The van der Waals surface area contributed by atoms with Crippen LogP contribution in [0.15, 0.2) is 54.6 Å². The van der Waals surface area contributed by atoms with E-state index in [1.807, 2.05) is 54.6 Å². The van der Waals surface area contributed by atoms with E-state index in [0.29, 0.717) is 5.75 Å². The first-order valence-electron chi connectivity index (χ1n) is 10.2. The molecule has 1 saturated heterocycles. The summed E-state index contributed by atoms with van der Waals surface area (Å²) in [5.74, 6) is 0.625. The van der Waals surface area contributed by atoms with Crippen LogP contribution in [0, 0.1) is 10.1 Å². The van der Waals surface area contributed by atoms with Crippen molar-refractivity contribution >= 4 is 6.09 Å². The van der Waals surface area contributed by atoms with Crippen molar-refractivity contribution in [2.45, 2.75) is 51.0 Å². The van der Waals surface area contributed by atoms with Gasteiger partial charge in [-0.25, -0.2) is 4.79 Å². The Morgan fingerprint density at radius 3 is 2.52 bits per heavy atom. The van der Waals surface area contributed by atoms with Crippen molar-refractivity contribution in [2.75, 3.05) is 13.1 Å². The van der Waals surface area contributed by atoms with E-state index in [0.717, 1.165) is 11.1 Å². The smallest absolute Gasteiger partial charge is 0.410 e. The maximum Gasteiger partial charge on any atom is 0.410 e. The van der Waals surface area contributed by atoms with Gasteiger partial charge in [0.1, 0.15) is 23.6 Å². The number of likely N-dealkylation sites (tertiary alicyclic amines) is 1. The van der Waals surface area contributed by atoms with E-state index in [4.69, 9.17) is 9.47 Å². The standard InChI is InChI=1S/C23H28N2O6/c1-23(2,3)31-22(27)24-14-19(13-20(24)21(26)15-25(28)29)30-18-11-7-10-17(12-18)16-8-5-4-6-9-16/h4-12,19-21,26H,13-15H2,1-3H3/t19-,20+,21?/m1/s1. The average Bonchev–Trinajstić information content (AvgIpc) is 3.11. The van der Waals surface area contributed by atoms with Crippen LogP contribution < -0.4 is 4.74 Å². The third-order valence-electron chi connectivity index (χ3n) is 4.96.